The van der Waals surface area contributed by atoms with Gasteiger partial charge in [-0.3, -0.25) is 4.90 Å². The average molecular weight is 327 g/mol. The van der Waals surface area contributed by atoms with Crippen LogP contribution < -0.4 is 5.32 Å². The lowest BCUT2D eigenvalue weighted by molar-refractivity contribution is 0.108. The molecule has 130 valence electrons. The summed E-state index contributed by atoms with van der Waals surface area (Å²) in [5.74, 6) is 0.914. The Balaban J connectivity index is 1.70. The molecule has 1 fully saturated rings. The zero-order valence-corrected chi connectivity index (χ0v) is 15.3. The van der Waals surface area contributed by atoms with Crippen molar-refractivity contribution in [2.45, 2.75) is 65.5 Å². The molecule has 0 spiro atoms. The molecule has 1 N–H and O–H groups in total. The number of rotatable bonds is 5. The van der Waals surface area contributed by atoms with Crippen molar-refractivity contribution in [1.29, 1.82) is 0 Å². The van der Waals surface area contributed by atoms with Gasteiger partial charge in [0.05, 0.1) is 5.39 Å². The molecule has 5 heteroatoms. The van der Waals surface area contributed by atoms with Crippen LogP contribution in [0.2, 0.25) is 0 Å². The van der Waals surface area contributed by atoms with E-state index in [9.17, 15) is 0 Å². The molecule has 0 unspecified atom stereocenters. The van der Waals surface area contributed by atoms with Gasteiger partial charge in [-0.25, -0.2) is 15.0 Å². The van der Waals surface area contributed by atoms with Crippen LogP contribution in [0, 0.1) is 13.8 Å². The smallest absolute Gasteiger partial charge is 0.165 e. The van der Waals surface area contributed by atoms with Gasteiger partial charge in [-0.15, -0.1) is 0 Å². The summed E-state index contributed by atoms with van der Waals surface area (Å²) >= 11 is 0. The van der Waals surface area contributed by atoms with E-state index in [1.54, 1.807) is 6.33 Å². The molecule has 1 aliphatic rings. The van der Waals surface area contributed by atoms with E-state index in [0.29, 0.717) is 12.1 Å². The Kier molecular flexibility index (Phi) is 5.29. The van der Waals surface area contributed by atoms with Crippen LogP contribution in [-0.4, -0.2) is 45.0 Å². The van der Waals surface area contributed by atoms with Crippen LogP contribution in [0.1, 0.15) is 50.8 Å². The van der Waals surface area contributed by atoms with Gasteiger partial charge in [0.25, 0.3) is 0 Å². The molecule has 1 saturated heterocycles. The summed E-state index contributed by atoms with van der Waals surface area (Å²) in [6.07, 6.45) is 6.76. The third-order valence-electron chi connectivity index (χ3n) is 5.04. The van der Waals surface area contributed by atoms with Crippen LogP contribution in [0.25, 0.3) is 11.0 Å². The van der Waals surface area contributed by atoms with Gasteiger partial charge in [-0.2, -0.15) is 0 Å². The van der Waals surface area contributed by atoms with Crippen LogP contribution >= 0.6 is 0 Å². The normalized spacial score (nSPS) is 19.1. The second-order valence-electron chi connectivity index (χ2n) is 7.20. The molecule has 24 heavy (non-hydrogen) atoms. The SMILES string of the molecule is Cc1cc(C)c2c(NCC[C@H]3CCCCN3C(C)C)ncnc2n1. The lowest BCUT2D eigenvalue weighted by Gasteiger charge is -2.38. The number of pyridine rings is 1. The van der Waals surface area contributed by atoms with Crippen molar-refractivity contribution in [2.24, 2.45) is 0 Å². The summed E-state index contributed by atoms with van der Waals surface area (Å²) < 4.78 is 0. The van der Waals surface area contributed by atoms with E-state index in [-0.39, 0.29) is 0 Å². The molecule has 2 aromatic heterocycles. The van der Waals surface area contributed by atoms with Gasteiger partial charge in [0.15, 0.2) is 5.65 Å². The number of likely N-dealkylation sites (tertiary alicyclic amines) is 1. The van der Waals surface area contributed by atoms with E-state index in [4.69, 9.17) is 0 Å². The zero-order chi connectivity index (χ0) is 17.1. The fourth-order valence-corrected chi connectivity index (χ4v) is 3.91. The van der Waals surface area contributed by atoms with Crippen molar-refractivity contribution in [3.63, 3.8) is 0 Å². The minimum absolute atomic E-state index is 0.629. The number of fused-ring (bicyclic) bond motifs is 1. The highest BCUT2D eigenvalue weighted by Crippen LogP contribution is 2.24. The summed E-state index contributed by atoms with van der Waals surface area (Å²) in [5, 5.41) is 4.59. The van der Waals surface area contributed by atoms with Crippen molar-refractivity contribution in [2.75, 3.05) is 18.4 Å². The fourth-order valence-electron chi connectivity index (χ4n) is 3.91. The number of nitrogens with zero attached hydrogens (tertiary/aromatic N) is 4. The number of aryl methyl sites for hydroxylation is 2. The van der Waals surface area contributed by atoms with Crippen LogP contribution in [0.4, 0.5) is 5.82 Å². The summed E-state index contributed by atoms with van der Waals surface area (Å²) in [4.78, 5) is 16.0. The van der Waals surface area contributed by atoms with Crippen molar-refractivity contribution < 1.29 is 0 Å². The highest BCUT2D eigenvalue weighted by molar-refractivity contribution is 5.89. The predicted octanol–water partition coefficient (Wildman–Crippen LogP) is 3.71. The molecule has 1 aliphatic heterocycles. The second-order valence-corrected chi connectivity index (χ2v) is 7.20. The molecule has 1 atom stereocenters. The van der Waals surface area contributed by atoms with Gasteiger partial charge in [-0.05, 0) is 65.1 Å². The molecule has 0 radical (unpaired) electrons. The second kappa shape index (κ2) is 7.43. The zero-order valence-electron chi connectivity index (χ0n) is 15.3. The summed E-state index contributed by atoms with van der Waals surface area (Å²) in [6.45, 7) is 10.9. The molecule has 3 rings (SSSR count). The van der Waals surface area contributed by atoms with Crippen LogP contribution in [0.5, 0.6) is 0 Å². The number of nitrogens with one attached hydrogen (secondary N) is 1. The maximum absolute atomic E-state index is 4.53. The molecule has 2 aromatic rings. The number of hydrogen-bond acceptors (Lipinski definition) is 5. The summed E-state index contributed by atoms with van der Waals surface area (Å²) in [6, 6.07) is 3.41. The van der Waals surface area contributed by atoms with Gasteiger partial charge in [0.1, 0.15) is 12.1 Å². The van der Waals surface area contributed by atoms with Crippen molar-refractivity contribution in [3.8, 4) is 0 Å². The lowest BCUT2D eigenvalue weighted by Crippen LogP contribution is -2.44. The first-order valence-electron chi connectivity index (χ1n) is 9.15. The molecule has 5 nitrogen and oxygen atoms in total. The number of hydrogen-bond donors (Lipinski definition) is 1. The fraction of sp³-hybridized carbons (Fsp3) is 0.632. The third kappa shape index (κ3) is 3.66. The number of piperidine rings is 1. The minimum atomic E-state index is 0.629. The maximum Gasteiger partial charge on any atom is 0.165 e. The third-order valence-corrected chi connectivity index (χ3v) is 5.04. The van der Waals surface area contributed by atoms with Gasteiger partial charge in [0, 0.05) is 24.3 Å². The number of aromatic nitrogens is 3. The Morgan fingerprint density at radius 1 is 1.25 bits per heavy atom. The van der Waals surface area contributed by atoms with Gasteiger partial charge < -0.3 is 5.32 Å². The maximum atomic E-state index is 4.53. The Morgan fingerprint density at radius 2 is 2.08 bits per heavy atom. The van der Waals surface area contributed by atoms with Gasteiger partial charge in [0.2, 0.25) is 0 Å². The van der Waals surface area contributed by atoms with E-state index in [2.05, 4.69) is 52.0 Å². The Bertz CT molecular complexity index is 697. The molecule has 0 aliphatic carbocycles. The van der Waals surface area contributed by atoms with Crippen molar-refractivity contribution in [3.05, 3.63) is 23.7 Å². The van der Waals surface area contributed by atoms with Crippen molar-refractivity contribution >= 4 is 16.9 Å². The van der Waals surface area contributed by atoms with Crippen LogP contribution in [0.3, 0.4) is 0 Å². The van der Waals surface area contributed by atoms with Gasteiger partial charge >= 0.3 is 0 Å². The first kappa shape index (κ1) is 17.1. The van der Waals surface area contributed by atoms with Crippen LogP contribution in [-0.2, 0) is 0 Å². The van der Waals surface area contributed by atoms with E-state index < -0.39 is 0 Å². The van der Waals surface area contributed by atoms with Crippen LogP contribution in [0.15, 0.2) is 12.4 Å². The molecule has 0 bridgehead atoms. The predicted molar refractivity (Wildman–Crippen MR) is 99.4 cm³/mol. The number of anilines is 1. The van der Waals surface area contributed by atoms with Crippen molar-refractivity contribution in [1.82, 2.24) is 19.9 Å². The summed E-state index contributed by atoms with van der Waals surface area (Å²) in [7, 11) is 0. The lowest BCUT2D eigenvalue weighted by atomic mass is 9.98. The highest BCUT2D eigenvalue weighted by Gasteiger charge is 2.24. The Labute approximate surface area is 144 Å². The Hall–Kier alpha value is -1.75. The largest absolute Gasteiger partial charge is 0.369 e. The standard InChI is InChI=1S/C19H29N5/c1-13(2)24-10-6-5-7-16(24)8-9-20-18-17-14(3)11-15(4)23-19(17)22-12-21-18/h11-13,16H,5-10H2,1-4H3,(H,20,21,22,23)/t16-/m1/s1. The average Bonchev–Trinajstić information content (AvgIpc) is 2.54. The molecule has 0 amide bonds. The quantitative estimate of drug-likeness (QED) is 0.907. The molecule has 3 heterocycles. The van der Waals surface area contributed by atoms with E-state index in [1.165, 1.54) is 31.4 Å². The molecule has 0 aromatic carbocycles. The minimum Gasteiger partial charge on any atom is -0.369 e. The van der Waals surface area contributed by atoms with E-state index >= 15 is 0 Å². The first-order valence-corrected chi connectivity index (χ1v) is 9.15. The van der Waals surface area contributed by atoms with E-state index in [0.717, 1.165) is 35.5 Å². The topological polar surface area (TPSA) is 53.9 Å². The molecular formula is C19H29N5. The van der Waals surface area contributed by atoms with E-state index in [1.807, 2.05) is 6.92 Å². The van der Waals surface area contributed by atoms with Gasteiger partial charge in [-0.1, -0.05) is 6.42 Å². The highest BCUT2D eigenvalue weighted by atomic mass is 15.2. The Morgan fingerprint density at radius 3 is 2.88 bits per heavy atom. The molecular weight excluding hydrogens is 298 g/mol. The first-order chi connectivity index (χ1) is 11.6. The summed E-state index contributed by atoms with van der Waals surface area (Å²) in [5.41, 5.74) is 2.97. The molecule has 0 saturated carbocycles. The monoisotopic (exact) mass is 327 g/mol.